The summed E-state index contributed by atoms with van der Waals surface area (Å²) in [6, 6.07) is 0. The van der Waals surface area contributed by atoms with E-state index in [9.17, 15) is 9.59 Å². The first-order valence-corrected chi connectivity index (χ1v) is 9.54. The number of carbonyl (C=O) groups excluding carboxylic acids is 1. The lowest BCUT2D eigenvalue weighted by molar-refractivity contribution is -0.155. The molecule has 0 aliphatic heterocycles. The predicted molar refractivity (Wildman–Crippen MR) is 93.5 cm³/mol. The van der Waals surface area contributed by atoms with E-state index < -0.39 is 18.5 Å². The van der Waals surface area contributed by atoms with Gasteiger partial charge >= 0.3 is 11.9 Å². The number of esters is 1. The van der Waals surface area contributed by atoms with E-state index in [0.717, 1.165) is 19.3 Å². The number of hydrogen-bond acceptors (Lipinski definition) is 3. The molecule has 0 bridgehead atoms. The molecule has 0 aromatic carbocycles. The van der Waals surface area contributed by atoms with Gasteiger partial charge in [0.2, 0.25) is 0 Å². The largest absolute Gasteiger partial charge is 0.479 e. The summed E-state index contributed by atoms with van der Waals surface area (Å²) in [6.45, 7) is 1.74. The Morgan fingerprint density at radius 3 is 1.48 bits per heavy atom. The predicted octanol–water partition coefficient (Wildman–Crippen LogP) is 5.49. The van der Waals surface area contributed by atoms with Crippen LogP contribution in [0.4, 0.5) is 0 Å². The van der Waals surface area contributed by atoms with Crippen molar-refractivity contribution in [2.24, 2.45) is 0 Å². The van der Waals surface area contributed by atoms with Crippen molar-refractivity contribution in [3.63, 3.8) is 0 Å². The van der Waals surface area contributed by atoms with E-state index in [1.54, 1.807) is 0 Å². The molecule has 0 rings (SSSR count). The molecule has 0 atom stereocenters. The highest BCUT2D eigenvalue weighted by molar-refractivity contribution is 5.75. The summed E-state index contributed by atoms with van der Waals surface area (Å²) < 4.78 is 4.58. The van der Waals surface area contributed by atoms with Gasteiger partial charge < -0.3 is 9.84 Å². The fourth-order valence-corrected chi connectivity index (χ4v) is 2.68. The highest BCUT2D eigenvalue weighted by Gasteiger charge is 2.05. The minimum atomic E-state index is -1.10. The molecule has 0 radical (unpaired) electrons. The highest BCUT2D eigenvalue weighted by atomic mass is 16.5. The molecule has 23 heavy (non-hydrogen) atoms. The molecule has 0 aliphatic rings. The van der Waals surface area contributed by atoms with Crippen LogP contribution in [-0.2, 0) is 14.3 Å². The van der Waals surface area contributed by atoms with E-state index >= 15 is 0 Å². The molecule has 0 amide bonds. The zero-order valence-electron chi connectivity index (χ0n) is 15.0. The Balaban J connectivity index is 3.10. The summed E-state index contributed by atoms with van der Waals surface area (Å²) in [5, 5.41) is 8.38. The van der Waals surface area contributed by atoms with Crippen molar-refractivity contribution >= 4 is 11.9 Å². The molecule has 0 spiro atoms. The van der Waals surface area contributed by atoms with Gasteiger partial charge in [0, 0.05) is 6.42 Å². The second-order valence-corrected chi connectivity index (χ2v) is 6.40. The number of carboxylic acids is 1. The molecule has 0 fully saturated rings. The van der Waals surface area contributed by atoms with E-state index in [1.807, 2.05) is 0 Å². The second-order valence-electron chi connectivity index (χ2n) is 6.40. The number of unbranched alkanes of at least 4 members (excludes halogenated alkanes) is 13. The van der Waals surface area contributed by atoms with Crippen LogP contribution >= 0.6 is 0 Å². The van der Waals surface area contributed by atoms with Gasteiger partial charge in [-0.3, -0.25) is 4.79 Å². The Hall–Kier alpha value is -1.06. The fraction of sp³-hybridized carbons (Fsp3) is 0.895. The summed E-state index contributed by atoms with van der Waals surface area (Å²) in [7, 11) is 0. The summed E-state index contributed by atoms with van der Waals surface area (Å²) in [6.07, 6.45) is 18.2. The average Bonchev–Trinajstić information content (AvgIpc) is 2.53. The minimum Gasteiger partial charge on any atom is -0.479 e. The lowest BCUT2D eigenvalue weighted by Gasteiger charge is -2.03. The first-order valence-electron chi connectivity index (χ1n) is 9.54. The van der Waals surface area contributed by atoms with Gasteiger partial charge in [0.25, 0.3) is 0 Å². The van der Waals surface area contributed by atoms with Gasteiger partial charge in [-0.15, -0.1) is 0 Å². The summed E-state index contributed by atoms with van der Waals surface area (Å²) >= 11 is 0. The zero-order valence-corrected chi connectivity index (χ0v) is 15.0. The number of ether oxygens (including phenoxy) is 1. The second kappa shape index (κ2) is 17.3. The molecule has 136 valence electrons. The van der Waals surface area contributed by atoms with Gasteiger partial charge in [-0.05, 0) is 6.42 Å². The molecule has 0 aliphatic carbocycles. The van der Waals surface area contributed by atoms with Crippen LogP contribution in [0.15, 0.2) is 0 Å². The van der Waals surface area contributed by atoms with Gasteiger partial charge in [-0.2, -0.15) is 0 Å². The molecule has 0 saturated carbocycles. The van der Waals surface area contributed by atoms with Gasteiger partial charge in [-0.1, -0.05) is 90.4 Å². The van der Waals surface area contributed by atoms with Crippen LogP contribution in [0.2, 0.25) is 0 Å². The van der Waals surface area contributed by atoms with Crippen LogP contribution < -0.4 is 0 Å². The monoisotopic (exact) mass is 328 g/mol. The normalized spacial score (nSPS) is 10.7. The van der Waals surface area contributed by atoms with E-state index in [1.165, 1.54) is 70.6 Å². The van der Waals surface area contributed by atoms with Gasteiger partial charge in [0.05, 0.1) is 0 Å². The lowest BCUT2D eigenvalue weighted by Crippen LogP contribution is -2.12. The van der Waals surface area contributed by atoms with E-state index in [0.29, 0.717) is 6.42 Å². The Bertz CT molecular complexity index is 289. The van der Waals surface area contributed by atoms with Crippen LogP contribution in [0.25, 0.3) is 0 Å². The lowest BCUT2D eigenvalue weighted by atomic mass is 10.0. The van der Waals surface area contributed by atoms with Crippen LogP contribution in [0, 0.1) is 0 Å². The van der Waals surface area contributed by atoms with Crippen molar-refractivity contribution in [3.05, 3.63) is 0 Å². The molecule has 0 aromatic heterocycles. The maximum atomic E-state index is 11.2. The van der Waals surface area contributed by atoms with Gasteiger partial charge in [-0.25, -0.2) is 4.79 Å². The molecule has 4 nitrogen and oxygen atoms in total. The van der Waals surface area contributed by atoms with Crippen molar-refractivity contribution in [3.8, 4) is 0 Å². The van der Waals surface area contributed by atoms with Crippen molar-refractivity contribution < 1.29 is 19.4 Å². The van der Waals surface area contributed by atoms with E-state index in [-0.39, 0.29) is 0 Å². The fourth-order valence-electron chi connectivity index (χ4n) is 2.68. The van der Waals surface area contributed by atoms with Gasteiger partial charge in [0.1, 0.15) is 0 Å². The number of hydrogen-bond donors (Lipinski definition) is 1. The molecule has 0 aromatic rings. The Labute approximate surface area is 142 Å². The smallest absolute Gasteiger partial charge is 0.341 e. The van der Waals surface area contributed by atoms with Gasteiger partial charge in [0.15, 0.2) is 6.61 Å². The quantitative estimate of drug-likeness (QED) is 0.283. The third-order valence-electron chi connectivity index (χ3n) is 4.09. The molecular formula is C19H36O4. The number of carboxylic acid groups (broad SMARTS) is 1. The first-order chi connectivity index (χ1) is 11.2. The van der Waals surface area contributed by atoms with Crippen LogP contribution in [0.3, 0.4) is 0 Å². The minimum absolute atomic E-state index is 0.339. The molecule has 1 N–H and O–H groups in total. The number of carbonyl (C=O) groups is 2. The van der Waals surface area contributed by atoms with Crippen LogP contribution in [-0.4, -0.2) is 23.7 Å². The van der Waals surface area contributed by atoms with Crippen molar-refractivity contribution in [1.82, 2.24) is 0 Å². The highest BCUT2D eigenvalue weighted by Crippen LogP contribution is 2.13. The van der Waals surface area contributed by atoms with Crippen molar-refractivity contribution in [1.29, 1.82) is 0 Å². The van der Waals surface area contributed by atoms with Crippen molar-refractivity contribution in [2.75, 3.05) is 6.61 Å². The van der Waals surface area contributed by atoms with Crippen molar-refractivity contribution in [2.45, 2.75) is 103 Å². The van der Waals surface area contributed by atoms with E-state index in [4.69, 9.17) is 5.11 Å². The average molecular weight is 328 g/mol. The topological polar surface area (TPSA) is 63.6 Å². The molecule has 0 unspecified atom stereocenters. The standard InChI is InChI=1S/C19H36O4/c1-2-3-4-5-6-7-8-9-10-11-12-13-14-15-16-19(22)23-17-18(20)21/h2-17H2,1H3,(H,20,21). The Morgan fingerprint density at radius 2 is 1.09 bits per heavy atom. The number of aliphatic carboxylic acids is 1. The maximum absolute atomic E-state index is 11.2. The summed E-state index contributed by atoms with van der Waals surface area (Å²) in [4.78, 5) is 21.4. The molecule has 4 heteroatoms. The Kier molecular flexibility index (Phi) is 16.5. The third kappa shape index (κ3) is 18.9. The first kappa shape index (κ1) is 21.9. The molecule has 0 saturated heterocycles. The van der Waals surface area contributed by atoms with E-state index in [2.05, 4.69) is 11.7 Å². The maximum Gasteiger partial charge on any atom is 0.341 e. The van der Waals surface area contributed by atoms with Crippen LogP contribution in [0.5, 0.6) is 0 Å². The summed E-state index contributed by atoms with van der Waals surface area (Å²) in [5.41, 5.74) is 0. The number of rotatable bonds is 17. The zero-order chi connectivity index (χ0) is 17.2. The van der Waals surface area contributed by atoms with Crippen LogP contribution in [0.1, 0.15) is 103 Å². The molecular weight excluding hydrogens is 292 g/mol. The summed E-state index contributed by atoms with van der Waals surface area (Å²) in [5.74, 6) is -1.49. The SMILES string of the molecule is CCCCCCCCCCCCCCCCC(=O)OCC(=O)O. The third-order valence-corrected chi connectivity index (χ3v) is 4.09. The Morgan fingerprint density at radius 1 is 0.696 bits per heavy atom. The molecule has 0 heterocycles.